The Bertz CT molecular complexity index is 701. The second-order valence-electron chi connectivity index (χ2n) is 5.30. The van der Waals surface area contributed by atoms with E-state index in [0.717, 1.165) is 36.5 Å². The Morgan fingerprint density at radius 2 is 2.00 bits per heavy atom. The lowest BCUT2D eigenvalue weighted by Crippen LogP contribution is -2.22. The van der Waals surface area contributed by atoms with Gasteiger partial charge in [-0.1, -0.05) is 0 Å². The molecule has 114 valence electrons. The summed E-state index contributed by atoms with van der Waals surface area (Å²) in [5.41, 5.74) is 7.89. The summed E-state index contributed by atoms with van der Waals surface area (Å²) in [5, 5.41) is 2.96. The number of anilines is 3. The van der Waals surface area contributed by atoms with Crippen LogP contribution in [0.2, 0.25) is 0 Å². The minimum atomic E-state index is -0.151. The number of pyridine rings is 2. The fraction of sp³-hybridized carbons (Fsp3) is 0.312. The van der Waals surface area contributed by atoms with Crippen LogP contribution in [0.4, 0.5) is 17.3 Å². The van der Waals surface area contributed by atoms with E-state index in [1.54, 1.807) is 24.5 Å². The number of carbonyl (C=O) groups excluding carboxylic acids is 1. The van der Waals surface area contributed by atoms with Crippen LogP contribution in [0.15, 0.2) is 30.6 Å². The average Bonchev–Trinajstić information content (AvgIpc) is 2.65. The van der Waals surface area contributed by atoms with Gasteiger partial charge in [-0.2, -0.15) is 0 Å². The van der Waals surface area contributed by atoms with Crippen molar-refractivity contribution in [3.05, 3.63) is 41.7 Å². The molecule has 0 fully saturated rings. The third kappa shape index (κ3) is 2.53. The van der Waals surface area contributed by atoms with Gasteiger partial charge >= 0.3 is 0 Å². The normalized spacial score (nSPS) is 13.2. The maximum Gasteiger partial charge on any atom is 0.259 e. The molecule has 0 radical (unpaired) electrons. The summed E-state index contributed by atoms with van der Waals surface area (Å²) >= 11 is 0. The maximum absolute atomic E-state index is 12.5. The van der Waals surface area contributed by atoms with E-state index in [4.69, 9.17) is 5.73 Å². The van der Waals surface area contributed by atoms with Gasteiger partial charge in [0.25, 0.3) is 5.91 Å². The largest absolute Gasteiger partial charge is 0.330 e. The molecular formula is C16H19N5O. The number of unbranched alkanes of at least 4 members (excludes halogenated alkanes) is 1. The quantitative estimate of drug-likeness (QED) is 0.845. The molecule has 2 aromatic rings. The van der Waals surface area contributed by atoms with Crippen LogP contribution in [0.5, 0.6) is 0 Å². The molecule has 0 saturated carbocycles. The number of aromatic nitrogens is 2. The van der Waals surface area contributed by atoms with Crippen LogP contribution in [0, 0.1) is 6.92 Å². The number of nitrogens with zero attached hydrogens (tertiary/aromatic N) is 3. The molecule has 0 atom stereocenters. The molecule has 3 rings (SSSR count). The molecule has 0 spiro atoms. The number of rotatable bonds is 4. The van der Waals surface area contributed by atoms with Crippen LogP contribution in [-0.4, -0.2) is 29.0 Å². The van der Waals surface area contributed by atoms with Crippen molar-refractivity contribution in [2.75, 3.05) is 23.3 Å². The van der Waals surface area contributed by atoms with Crippen molar-refractivity contribution in [2.45, 2.75) is 19.8 Å². The molecule has 2 aromatic heterocycles. The summed E-state index contributed by atoms with van der Waals surface area (Å²) in [6.45, 7) is 3.33. The van der Waals surface area contributed by atoms with Crippen LogP contribution in [0.3, 0.4) is 0 Å². The molecule has 6 heteroatoms. The number of aryl methyl sites for hydroxylation is 1. The molecule has 22 heavy (non-hydrogen) atoms. The molecule has 0 bridgehead atoms. The zero-order valence-corrected chi connectivity index (χ0v) is 12.5. The number of amides is 1. The Balaban J connectivity index is 2.11. The maximum atomic E-state index is 12.5. The molecule has 3 N–H and O–H groups in total. The Hall–Kier alpha value is -2.47. The molecule has 6 nitrogen and oxygen atoms in total. The number of carbonyl (C=O) groups is 1. The predicted molar refractivity (Wildman–Crippen MR) is 86.5 cm³/mol. The highest BCUT2D eigenvalue weighted by Crippen LogP contribution is 2.36. The highest BCUT2D eigenvalue weighted by Gasteiger charge is 2.27. The Labute approximate surface area is 129 Å². The van der Waals surface area contributed by atoms with Gasteiger partial charge in [0.1, 0.15) is 5.82 Å². The van der Waals surface area contributed by atoms with Gasteiger partial charge in [0.15, 0.2) is 5.82 Å². The molecule has 1 aliphatic rings. The van der Waals surface area contributed by atoms with Crippen LogP contribution >= 0.6 is 0 Å². The van der Waals surface area contributed by atoms with Gasteiger partial charge in [0, 0.05) is 18.9 Å². The summed E-state index contributed by atoms with van der Waals surface area (Å²) in [4.78, 5) is 23.4. The highest BCUT2D eigenvalue weighted by atomic mass is 16.1. The zero-order chi connectivity index (χ0) is 15.5. The first-order chi connectivity index (χ1) is 10.7. The fourth-order valence-corrected chi connectivity index (χ4v) is 2.60. The summed E-state index contributed by atoms with van der Waals surface area (Å²) in [5.74, 6) is 1.23. The Morgan fingerprint density at radius 3 is 2.82 bits per heavy atom. The van der Waals surface area contributed by atoms with E-state index in [1.165, 1.54) is 0 Å². The van der Waals surface area contributed by atoms with Crippen molar-refractivity contribution >= 4 is 23.2 Å². The summed E-state index contributed by atoms with van der Waals surface area (Å²) in [7, 11) is 0. The summed E-state index contributed by atoms with van der Waals surface area (Å²) in [6, 6.07) is 5.45. The first-order valence-electron chi connectivity index (χ1n) is 7.42. The molecule has 0 saturated heterocycles. The van der Waals surface area contributed by atoms with E-state index >= 15 is 0 Å². The lowest BCUT2D eigenvalue weighted by Gasteiger charge is -2.24. The minimum Gasteiger partial charge on any atom is -0.330 e. The first kappa shape index (κ1) is 14.5. The summed E-state index contributed by atoms with van der Waals surface area (Å²) in [6.07, 6.45) is 5.28. The standard InChI is InChI=1S/C16H19N5O/c1-11-6-9-19-15-13(11)20-16(22)12-5-4-8-18-14(12)21(15)10-3-2-7-17/h4-6,8-9H,2-3,7,10,17H2,1H3,(H,20,22). The van der Waals surface area contributed by atoms with Crippen LogP contribution in [0.25, 0.3) is 0 Å². The van der Waals surface area contributed by atoms with Crippen molar-refractivity contribution in [3.8, 4) is 0 Å². The van der Waals surface area contributed by atoms with E-state index in [-0.39, 0.29) is 5.91 Å². The van der Waals surface area contributed by atoms with Crippen molar-refractivity contribution in [1.29, 1.82) is 0 Å². The molecule has 0 unspecified atom stereocenters. The fourth-order valence-electron chi connectivity index (χ4n) is 2.60. The number of hydrogen-bond acceptors (Lipinski definition) is 5. The van der Waals surface area contributed by atoms with Gasteiger partial charge in [-0.25, -0.2) is 9.97 Å². The van der Waals surface area contributed by atoms with Gasteiger partial charge in [-0.15, -0.1) is 0 Å². The van der Waals surface area contributed by atoms with Crippen molar-refractivity contribution in [2.24, 2.45) is 5.73 Å². The Morgan fingerprint density at radius 1 is 1.18 bits per heavy atom. The van der Waals surface area contributed by atoms with Gasteiger partial charge < -0.3 is 16.0 Å². The van der Waals surface area contributed by atoms with E-state index in [1.807, 2.05) is 17.9 Å². The van der Waals surface area contributed by atoms with E-state index in [9.17, 15) is 4.79 Å². The topological polar surface area (TPSA) is 84.1 Å². The monoisotopic (exact) mass is 297 g/mol. The molecule has 0 aliphatic carbocycles. The second kappa shape index (κ2) is 6.11. The molecule has 1 amide bonds. The number of nitrogens with one attached hydrogen (secondary N) is 1. The lowest BCUT2D eigenvalue weighted by molar-refractivity contribution is 0.102. The SMILES string of the molecule is Cc1ccnc2c1NC(=O)c1cccnc1N2CCCCN. The van der Waals surface area contributed by atoms with E-state index in [0.29, 0.717) is 17.9 Å². The van der Waals surface area contributed by atoms with Crippen LogP contribution in [0.1, 0.15) is 28.8 Å². The lowest BCUT2D eigenvalue weighted by atomic mass is 10.2. The van der Waals surface area contributed by atoms with E-state index < -0.39 is 0 Å². The third-order valence-corrected chi connectivity index (χ3v) is 3.76. The predicted octanol–water partition coefficient (Wildman–Crippen LogP) is 2.23. The van der Waals surface area contributed by atoms with E-state index in [2.05, 4.69) is 15.3 Å². The van der Waals surface area contributed by atoms with Crippen LogP contribution < -0.4 is 16.0 Å². The number of fused-ring (bicyclic) bond motifs is 2. The van der Waals surface area contributed by atoms with Crippen molar-refractivity contribution in [1.82, 2.24) is 9.97 Å². The molecule has 3 heterocycles. The zero-order valence-electron chi connectivity index (χ0n) is 12.5. The third-order valence-electron chi connectivity index (χ3n) is 3.76. The van der Waals surface area contributed by atoms with Gasteiger partial charge in [0.05, 0.1) is 11.3 Å². The smallest absolute Gasteiger partial charge is 0.259 e. The van der Waals surface area contributed by atoms with Gasteiger partial charge in [-0.3, -0.25) is 4.79 Å². The molecular weight excluding hydrogens is 278 g/mol. The van der Waals surface area contributed by atoms with Gasteiger partial charge in [0.2, 0.25) is 0 Å². The first-order valence-corrected chi connectivity index (χ1v) is 7.42. The van der Waals surface area contributed by atoms with Crippen molar-refractivity contribution in [3.63, 3.8) is 0 Å². The summed E-state index contributed by atoms with van der Waals surface area (Å²) < 4.78 is 0. The molecule has 0 aromatic carbocycles. The highest BCUT2D eigenvalue weighted by molar-refractivity contribution is 6.11. The van der Waals surface area contributed by atoms with Gasteiger partial charge in [-0.05, 0) is 50.1 Å². The minimum absolute atomic E-state index is 0.151. The number of hydrogen-bond donors (Lipinski definition) is 2. The molecule has 1 aliphatic heterocycles. The average molecular weight is 297 g/mol. The number of nitrogens with two attached hydrogens (primary N) is 1. The van der Waals surface area contributed by atoms with Crippen LogP contribution in [-0.2, 0) is 0 Å². The second-order valence-corrected chi connectivity index (χ2v) is 5.30. The Kier molecular flexibility index (Phi) is 4.02. The van der Waals surface area contributed by atoms with Crippen molar-refractivity contribution < 1.29 is 4.79 Å².